The molecule has 0 amide bonds. The third kappa shape index (κ3) is 2.32. The van der Waals surface area contributed by atoms with Gasteiger partial charge >= 0.3 is 0 Å². The van der Waals surface area contributed by atoms with Crippen LogP contribution in [0.3, 0.4) is 0 Å². The SMILES string of the molecule is ClC[C@H]1OC[C@H]2O[C@@H](CCl)OC[C@H]2O1. The minimum absolute atomic E-state index is 0.0908. The van der Waals surface area contributed by atoms with Gasteiger partial charge in [0, 0.05) is 0 Å². The number of hydrogen-bond acceptors (Lipinski definition) is 4. The molecule has 0 aromatic rings. The smallest absolute Gasteiger partial charge is 0.171 e. The summed E-state index contributed by atoms with van der Waals surface area (Å²) in [6.07, 6.45) is -0.880. The zero-order chi connectivity index (χ0) is 9.97. The van der Waals surface area contributed by atoms with Crippen molar-refractivity contribution in [1.82, 2.24) is 0 Å². The molecule has 2 rings (SSSR count). The maximum Gasteiger partial charge on any atom is 0.171 e. The van der Waals surface area contributed by atoms with Gasteiger partial charge in [-0.2, -0.15) is 0 Å². The second-order valence-corrected chi connectivity index (χ2v) is 3.80. The summed E-state index contributed by atoms with van der Waals surface area (Å²) in [6.45, 7) is 0.970. The van der Waals surface area contributed by atoms with Crippen LogP contribution in [0.1, 0.15) is 0 Å². The largest absolute Gasteiger partial charge is 0.349 e. The predicted octanol–water partition coefficient (Wildman–Crippen LogP) is 0.947. The summed E-state index contributed by atoms with van der Waals surface area (Å²) in [5.74, 6) is 0.643. The summed E-state index contributed by atoms with van der Waals surface area (Å²) in [7, 11) is 0. The molecule has 0 bridgehead atoms. The maximum absolute atomic E-state index is 5.61. The molecule has 0 aromatic carbocycles. The molecule has 0 aromatic heterocycles. The lowest BCUT2D eigenvalue weighted by Gasteiger charge is -2.40. The van der Waals surface area contributed by atoms with Gasteiger partial charge in [-0.1, -0.05) is 0 Å². The van der Waals surface area contributed by atoms with Gasteiger partial charge in [-0.3, -0.25) is 0 Å². The van der Waals surface area contributed by atoms with Gasteiger partial charge in [-0.25, -0.2) is 0 Å². The van der Waals surface area contributed by atoms with Crippen LogP contribution in [0, 0.1) is 0 Å². The molecule has 2 fully saturated rings. The molecule has 14 heavy (non-hydrogen) atoms. The highest BCUT2D eigenvalue weighted by atomic mass is 35.5. The third-order valence-electron chi connectivity index (χ3n) is 2.21. The molecule has 6 heteroatoms. The highest BCUT2D eigenvalue weighted by molar-refractivity contribution is 6.18. The number of halogens is 2. The van der Waals surface area contributed by atoms with Gasteiger partial charge in [0.2, 0.25) is 0 Å². The molecule has 0 spiro atoms. The van der Waals surface area contributed by atoms with Crippen LogP contribution in [-0.2, 0) is 18.9 Å². The van der Waals surface area contributed by atoms with Crippen LogP contribution >= 0.6 is 23.2 Å². The first-order valence-electron chi connectivity index (χ1n) is 4.49. The van der Waals surface area contributed by atoms with Crippen LogP contribution in [0.2, 0.25) is 0 Å². The third-order valence-corrected chi connectivity index (χ3v) is 2.72. The molecular weight excluding hydrogens is 231 g/mol. The Labute approximate surface area is 92.3 Å². The van der Waals surface area contributed by atoms with Crippen LogP contribution < -0.4 is 0 Å². The molecule has 0 aliphatic carbocycles. The summed E-state index contributed by atoms with van der Waals surface area (Å²) in [4.78, 5) is 0. The predicted molar refractivity (Wildman–Crippen MR) is 50.7 cm³/mol. The number of ether oxygens (including phenoxy) is 4. The van der Waals surface area contributed by atoms with E-state index in [9.17, 15) is 0 Å². The molecule has 0 N–H and O–H groups in total. The summed E-state index contributed by atoms with van der Waals surface area (Å²) in [5, 5.41) is 0. The molecule has 0 saturated carbocycles. The van der Waals surface area contributed by atoms with Crippen molar-refractivity contribution < 1.29 is 18.9 Å². The van der Waals surface area contributed by atoms with Crippen molar-refractivity contribution in [3.63, 3.8) is 0 Å². The van der Waals surface area contributed by atoms with E-state index in [0.717, 1.165) is 0 Å². The van der Waals surface area contributed by atoms with Crippen LogP contribution in [0.4, 0.5) is 0 Å². The summed E-state index contributed by atoms with van der Waals surface area (Å²) < 4.78 is 21.6. The van der Waals surface area contributed by atoms with E-state index in [0.29, 0.717) is 25.0 Å². The van der Waals surface area contributed by atoms with E-state index >= 15 is 0 Å². The van der Waals surface area contributed by atoms with E-state index in [2.05, 4.69) is 0 Å². The summed E-state index contributed by atoms with van der Waals surface area (Å²) in [5.41, 5.74) is 0. The van der Waals surface area contributed by atoms with Crippen molar-refractivity contribution >= 4 is 23.2 Å². The monoisotopic (exact) mass is 242 g/mol. The van der Waals surface area contributed by atoms with Gasteiger partial charge < -0.3 is 18.9 Å². The van der Waals surface area contributed by atoms with E-state index in [-0.39, 0.29) is 24.8 Å². The fourth-order valence-electron chi connectivity index (χ4n) is 1.50. The lowest BCUT2D eigenvalue weighted by molar-refractivity contribution is -0.327. The van der Waals surface area contributed by atoms with Crippen LogP contribution in [0.5, 0.6) is 0 Å². The summed E-state index contributed by atoms with van der Waals surface area (Å²) in [6, 6.07) is 0. The van der Waals surface area contributed by atoms with Crippen molar-refractivity contribution in [2.45, 2.75) is 24.8 Å². The molecular formula is C8H12Cl2O4. The highest BCUT2D eigenvalue weighted by Crippen LogP contribution is 2.23. The van der Waals surface area contributed by atoms with Crippen molar-refractivity contribution in [1.29, 1.82) is 0 Å². The lowest BCUT2D eigenvalue weighted by atomic mass is 10.2. The Bertz CT molecular complexity index is 172. The van der Waals surface area contributed by atoms with Crippen molar-refractivity contribution in [3.8, 4) is 0 Å². The minimum atomic E-state index is -0.349. The van der Waals surface area contributed by atoms with Gasteiger partial charge in [-0.05, 0) is 0 Å². The second-order valence-electron chi connectivity index (χ2n) is 3.18. The van der Waals surface area contributed by atoms with Gasteiger partial charge in [-0.15, -0.1) is 23.2 Å². The first kappa shape index (κ1) is 10.9. The van der Waals surface area contributed by atoms with Crippen LogP contribution in [0.15, 0.2) is 0 Å². The van der Waals surface area contributed by atoms with Gasteiger partial charge in [0.15, 0.2) is 12.6 Å². The Balaban J connectivity index is 1.88. The molecule has 2 aliphatic heterocycles. The van der Waals surface area contributed by atoms with E-state index in [1.165, 1.54) is 0 Å². The summed E-state index contributed by atoms with van der Waals surface area (Å²) >= 11 is 11.2. The van der Waals surface area contributed by atoms with Gasteiger partial charge in [0.1, 0.15) is 12.2 Å². The Morgan fingerprint density at radius 3 is 1.64 bits per heavy atom. The zero-order valence-electron chi connectivity index (χ0n) is 7.53. The Morgan fingerprint density at radius 1 is 0.857 bits per heavy atom. The quantitative estimate of drug-likeness (QED) is 0.676. The van der Waals surface area contributed by atoms with Crippen molar-refractivity contribution in [2.24, 2.45) is 0 Å². The number of alkyl halides is 2. The Hall–Kier alpha value is 0.420. The fraction of sp³-hybridized carbons (Fsp3) is 1.00. The van der Waals surface area contributed by atoms with E-state index in [4.69, 9.17) is 42.1 Å². The van der Waals surface area contributed by atoms with Crippen LogP contribution in [0.25, 0.3) is 0 Å². The van der Waals surface area contributed by atoms with E-state index in [1.807, 2.05) is 0 Å². The second kappa shape index (κ2) is 4.96. The standard InChI is InChI=1S/C8H12Cl2O4/c9-1-7-11-3-6-5(13-7)4-12-8(2-10)14-6/h5-8H,1-4H2/t5-,6-,7+,8+/m1/s1. The van der Waals surface area contributed by atoms with Gasteiger partial charge in [0.05, 0.1) is 25.0 Å². The Morgan fingerprint density at radius 2 is 1.29 bits per heavy atom. The maximum atomic E-state index is 5.61. The molecule has 2 heterocycles. The molecule has 4 atom stereocenters. The highest BCUT2D eigenvalue weighted by Gasteiger charge is 2.38. The fourth-order valence-corrected chi connectivity index (χ4v) is 1.83. The van der Waals surface area contributed by atoms with E-state index < -0.39 is 0 Å². The van der Waals surface area contributed by atoms with Gasteiger partial charge in [0.25, 0.3) is 0 Å². The van der Waals surface area contributed by atoms with Crippen LogP contribution in [-0.4, -0.2) is 49.8 Å². The number of hydrogen-bond donors (Lipinski definition) is 0. The first-order valence-corrected chi connectivity index (χ1v) is 5.56. The minimum Gasteiger partial charge on any atom is -0.349 e. The molecule has 0 radical (unpaired) electrons. The molecule has 82 valence electrons. The van der Waals surface area contributed by atoms with Crippen molar-refractivity contribution in [2.75, 3.05) is 25.0 Å². The lowest BCUT2D eigenvalue weighted by Crippen LogP contribution is -2.53. The number of rotatable bonds is 2. The van der Waals surface area contributed by atoms with E-state index in [1.54, 1.807) is 0 Å². The zero-order valence-corrected chi connectivity index (χ0v) is 9.04. The molecule has 4 nitrogen and oxygen atoms in total. The molecule has 2 saturated heterocycles. The molecule has 0 unspecified atom stereocenters. The topological polar surface area (TPSA) is 36.9 Å². The number of fused-ring (bicyclic) bond motifs is 1. The average Bonchev–Trinajstić information content (AvgIpc) is 2.27. The average molecular weight is 243 g/mol. The first-order chi connectivity index (χ1) is 6.83. The normalized spacial score (nSPS) is 43.3. The molecule has 2 aliphatic rings. The van der Waals surface area contributed by atoms with Crippen molar-refractivity contribution in [3.05, 3.63) is 0 Å². The Kier molecular flexibility index (Phi) is 3.87.